The van der Waals surface area contributed by atoms with Crippen LogP contribution in [0.4, 0.5) is 5.82 Å². The van der Waals surface area contributed by atoms with Crippen molar-refractivity contribution in [3.63, 3.8) is 0 Å². The van der Waals surface area contributed by atoms with Gasteiger partial charge in [0.05, 0.1) is 0 Å². The highest BCUT2D eigenvalue weighted by molar-refractivity contribution is 5.31. The first kappa shape index (κ1) is 15.0. The minimum atomic E-state index is -0.229. The molecule has 0 saturated carbocycles. The summed E-state index contributed by atoms with van der Waals surface area (Å²) in [7, 11) is 0. The lowest BCUT2D eigenvalue weighted by molar-refractivity contribution is 0.253. The van der Waals surface area contributed by atoms with Crippen LogP contribution in [0.3, 0.4) is 0 Å². The highest BCUT2D eigenvalue weighted by Gasteiger charge is 2.27. The number of nitrogens with zero attached hydrogens (tertiary/aromatic N) is 2. The van der Waals surface area contributed by atoms with Gasteiger partial charge in [-0.05, 0) is 45.6 Å². The van der Waals surface area contributed by atoms with Crippen LogP contribution in [0.5, 0.6) is 0 Å². The summed E-state index contributed by atoms with van der Waals surface area (Å²) in [4.78, 5) is 16.6. The molecule has 5 nitrogen and oxygen atoms in total. The fraction of sp³-hybridized carbons (Fsp3) is 0.733. The topological polar surface area (TPSA) is 59.0 Å². The number of piperidine rings is 1. The van der Waals surface area contributed by atoms with E-state index in [-0.39, 0.29) is 16.5 Å². The van der Waals surface area contributed by atoms with Crippen molar-refractivity contribution in [2.45, 2.75) is 46.1 Å². The van der Waals surface area contributed by atoms with E-state index in [1.54, 1.807) is 17.0 Å². The van der Waals surface area contributed by atoms with Gasteiger partial charge in [0.2, 0.25) is 0 Å². The molecule has 1 aromatic rings. The molecular weight excluding hydrogens is 252 g/mol. The van der Waals surface area contributed by atoms with Crippen LogP contribution in [-0.2, 0) is 5.54 Å². The molecule has 1 unspecified atom stereocenters. The van der Waals surface area contributed by atoms with E-state index in [2.05, 4.69) is 22.5 Å². The second kappa shape index (κ2) is 5.56. The van der Waals surface area contributed by atoms with Crippen molar-refractivity contribution in [3.05, 3.63) is 22.7 Å². The van der Waals surface area contributed by atoms with E-state index >= 15 is 0 Å². The molecule has 2 heterocycles. The molecule has 0 bridgehead atoms. The first-order valence-corrected chi connectivity index (χ1v) is 7.35. The van der Waals surface area contributed by atoms with Crippen LogP contribution in [-0.4, -0.2) is 29.2 Å². The van der Waals surface area contributed by atoms with Crippen molar-refractivity contribution < 1.29 is 0 Å². The maximum atomic E-state index is 12.4. The van der Waals surface area contributed by atoms with Gasteiger partial charge in [0.15, 0.2) is 5.82 Å². The summed E-state index contributed by atoms with van der Waals surface area (Å²) in [6.07, 6.45) is 5.80. The van der Waals surface area contributed by atoms with Crippen LogP contribution >= 0.6 is 0 Å². The third kappa shape index (κ3) is 3.39. The molecule has 0 amide bonds. The first-order valence-electron chi connectivity index (χ1n) is 7.35. The van der Waals surface area contributed by atoms with Gasteiger partial charge in [-0.2, -0.15) is 0 Å². The molecule has 1 atom stereocenters. The van der Waals surface area contributed by atoms with Crippen LogP contribution in [0.2, 0.25) is 0 Å². The minimum absolute atomic E-state index is 0.0487. The van der Waals surface area contributed by atoms with Gasteiger partial charge in [0.1, 0.15) is 0 Å². The molecule has 112 valence electrons. The summed E-state index contributed by atoms with van der Waals surface area (Å²) < 4.78 is 1.73. The predicted octanol–water partition coefficient (Wildman–Crippen LogP) is 1.80. The molecule has 20 heavy (non-hydrogen) atoms. The van der Waals surface area contributed by atoms with Crippen LogP contribution in [0.15, 0.2) is 17.2 Å². The Balaban J connectivity index is 2.12. The molecule has 1 aliphatic heterocycles. The van der Waals surface area contributed by atoms with Crippen molar-refractivity contribution in [1.82, 2.24) is 14.9 Å². The fourth-order valence-corrected chi connectivity index (χ4v) is 2.63. The first-order chi connectivity index (χ1) is 9.32. The molecule has 2 N–H and O–H groups in total. The smallest absolute Gasteiger partial charge is 0.293 e. The molecule has 1 aromatic heterocycles. The molecule has 0 aliphatic carbocycles. The molecule has 0 spiro atoms. The average Bonchev–Trinajstić information content (AvgIpc) is 2.37. The zero-order chi connectivity index (χ0) is 14.8. The SMILES string of the molecule is CC1(CNc2nccn(C(C)(C)C)c2=O)CCCNC1. The van der Waals surface area contributed by atoms with Gasteiger partial charge >= 0.3 is 0 Å². The molecule has 2 rings (SSSR count). The summed E-state index contributed by atoms with van der Waals surface area (Å²) in [6.45, 7) is 11.2. The van der Waals surface area contributed by atoms with Gasteiger partial charge in [0.25, 0.3) is 5.56 Å². The summed E-state index contributed by atoms with van der Waals surface area (Å²) in [5.74, 6) is 0.453. The van der Waals surface area contributed by atoms with Gasteiger partial charge in [-0.25, -0.2) is 4.98 Å². The highest BCUT2D eigenvalue weighted by atomic mass is 16.1. The third-order valence-electron chi connectivity index (χ3n) is 3.93. The maximum absolute atomic E-state index is 12.4. The van der Waals surface area contributed by atoms with Crippen molar-refractivity contribution in [2.75, 3.05) is 25.0 Å². The normalized spacial score (nSPS) is 23.6. The largest absolute Gasteiger partial charge is 0.365 e. The number of nitrogens with one attached hydrogen (secondary N) is 2. The standard InChI is InChI=1S/C15H26N4O/c1-14(2,3)19-9-8-17-12(13(19)20)18-11-15(4)6-5-7-16-10-15/h8-9,16H,5-7,10-11H2,1-4H3,(H,17,18). The molecule has 0 aromatic carbocycles. The quantitative estimate of drug-likeness (QED) is 0.885. The molecular formula is C15H26N4O. The van der Waals surface area contributed by atoms with E-state index in [1.807, 2.05) is 20.8 Å². The van der Waals surface area contributed by atoms with Crippen LogP contribution in [0.25, 0.3) is 0 Å². The lowest BCUT2D eigenvalue weighted by atomic mass is 9.83. The number of aromatic nitrogens is 2. The van der Waals surface area contributed by atoms with Crippen LogP contribution in [0, 0.1) is 5.41 Å². The van der Waals surface area contributed by atoms with Crippen molar-refractivity contribution >= 4 is 5.82 Å². The molecule has 1 saturated heterocycles. The molecule has 5 heteroatoms. The summed E-state index contributed by atoms with van der Waals surface area (Å²) in [5, 5.41) is 6.67. The third-order valence-corrected chi connectivity index (χ3v) is 3.93. The van der Waals surface area contributed by atoms with E-state index in [0.29, 0.717) is 5.82 Å². The summed E-state index contributed by atoms with van der Waals surface area (Å²) >= 11 is 0. The summed E-state index contributed by atoms with van der Waals surface area (Å²) in [5.41, 5.74) is -0.0889. The second-order valence-corrected chi connectivity index (χ2v) is 7.07. The lowest BCUT2D eigenvalue weighted by Crippen LogP contribution is -2.43. The summed E-state index contributed by atoms with van der Waals surface area (Å²) in [6, 6.07) is 0. The fourth-order valence-electron chi connectivity index (χ4n) is 2.63. The van der Waals surface area contributed by atoms with E-state index in [4.69, 9.17) is 0 Å². The van der Waals surface area contributed by atoms with Crippen molar-refractivity contribution in [2.24, 2.45) is 5.41 Å². The zero-order valence-electron chi connectivity index (χ0n) is 13.0. The Labute approximate surface area is 120 Å². The zero-order valence-corrected chi connectivity index (χ0v) is 13.0. The van der Waals surface area contributed by atoms with Gasteiger partial charge < -0.3 is 15.2 Å². The predicted molar refractivity (Wildman–Crippen MR) is 82.2 cm³/mol. The Kier molecular flexibility index (Phi) is 4.18. The molecule has 0 radical (unpaired) electrons. The van der Waals surface area contributed by atoms with Gasteiger partial charge in [-0.3, -0.25) is 4.79 Å². The highest BCUT2D eigenvalue weighted by Crippen LogP contribution is 2.25. The Morgan fingerprint density at radius 1 is 1.50 bits per heavy atom. The molecule has 1 aliphatic rings. The van der Waals surface area contributed by atoms with Gasteiger partial charge in [0, 0.05) is 31.0 Å². The number of hydrogen-bond acceptors (Lipinski definition) is 4. The monoisotopic (exact) mass is 278 g/mol. The van der Waals surface area contributed by atoms with Crippen molar-refractivity contribution in [3.8, 4) is 0 Å². The lowest BCUT2D eigenvalue weighted by Gasteiger charge is -2.34. The van der Waals surface area contributed by atoms with E-state index in [9.17, 15) is 4.79 Å². The average molecular weight is 278 g/mol. The van der Waals surface area contributed by atoms with E-state index in [1.165, 1.54) is 12.8 Å². The number of hydrogen-bond donors (Lipinski definition) is 2. The Morgan fingerprint density at radius 2 is 2.25 bits per heavy atom. The number of rotatable bonds is 3. The Bertz CT molecular complexity index is 509. The van der Waals surface area contributed by atoms with E-state index < -0.39 is 0 Å². The maximum Gasteiger partial charge on any atom is 0.293 e. The molecule has 1 fully saturated rings. The Morgan fingerprint density at radius 3 is 2.85 bits per heavy atom. The van der Waals surface area contributed by atoms with Crippen LogP contribution < -0.4 is 16.2 Å². The van der Waals surface area contributed by atoms with Gasteiger partial charge in [-0.1, -0.05) is 6.92 Å². The Hall–Kier alpha value is -1.36. The van der Waals surface area contributed by atoms with Crippen molar-refractivity contribution in [1.29, 1.82) is 0 Å². The van der Waals surface area contributed by atoms with Gasteiger partial charge in [-0.15, -0.1) is 0 Å². The number of anilines is 1. The van der Waals surface area contributed by atoms with E-state index in [0.717, 1.165) is 19.6 Å². The minimum Gasteiger partial charge on any atom is -0.365 e. The second-order valence-electron chi connectivity index (χ2n) is 7.07. The van der Waals surface area contributed by atoms with Crippen LogP contribution in [0.1, 0.15) is 40.5 Å².